The van der Waals surface area contributed by atoms with E-state index < -0.39 is 0 Å². The fourth-order valence-electron chi connectivity index (χ4n) is 1.47. The van der Waals surface area contributed by atoms with E-state index >= 15 is 0 Å². The van der Waals surface area contributed by atoms with E-state index in [9.17, 15) is 4.79 Å². The zero-order valence-corrected chi connectivity index (χ0v) is 12.0. The first kappa shape index (κ1) is 13.8. The highest BCUT2D eigenvalue weighted by atomic mass is 35.5. The van der Waals surface area contributed by atoms with Gasteiger partial charge < -0.3 is 5.32 Å². The Balaban J connectivity index is 1.85. The molecule has 0 saturated heterocycles. The first-order chi connectivity index (χ1) is 9.13. The van der Waals surface area contributed by atoms with Crippen molar-refractivity contribution in [3.05, 3.63) is 57.0 Å². The molecule has 0 unspecified atom stereocenters. The zero-order valence-electron chi connectivity index (χ0n) is 10.4. The lowest BCUT2D eigenvalue weighted by molar-refractivity contribution is -0.116. The number of amides is 1. The van der Waals surface area contributed by atoms with Crippen molar-refractivity contribution in [1.29, 1.82) is 0 Å². The highest BCUT2D eigenvalue weighted by molar-refractivity contribution is 7.09. The summed E-state index contributed by atoms with van der Waals surface area (Å²) in [5, 5.41) is 6.41. The van der Waals surface area contributed by atoms with Crippen molar-refractivity contribution < 1.29 is 4.79 Å². The molecule has 3 nitrogen and oxygen atoms in total. The molecule has 5 heteroatoms. The molecule has 19 heavy (non-hydrogen) atoms. The molecular weight excluding hydrogens is 280 g/mol. The van der Waals surface area contributed by atoms with E-state index in [2.05, 4.69) is 10.3 Å². The van der Waals surface area contributed by atoms with Gasteiger partial charge in [0.05, 0.1) is 17.2 Å². The maximum Gasteiger partial charge on any atom is 0.244 e. The molecule has 0 aliphatic heterocycles. The van der Waals surface area contributed by atoms with Gasteiger partial charge in [0, 0.05) is 16.5 Å². The average molecular weight is 293 g/mol. The van der Waals surface area contributed by atoms with Gasteiger partial charge in [0.1, 0.15) is 0 Å². The number of aromatic nitrogens is 1. The fraction of sp³-hybridized carbons (Fsp3) is 0.143. The Bertz CT molecular complexity index is 590. The molecule has 1 amide bonds. The Morgan fingerprint density at radius 1 is 1.42 bits per heavy atom. The van der Waals surface area contributed by atoms with Crippen LogP contribution in [0.2, 0.25) is 5.02 Å². The minimum absolute atomic E-state index is 0.138. The van der Waals surface area contributed by atoms with Crippen LogP contribution in [0.5, 0.6) is 0 Å². The first-order valence-corrected chi connectivity index (χ1v) is 7.02. The Hall–Kier alpha value is -1.65. The predicted octanol–water partition coefficient (Wildman–Crippen LogP) is 3.43. The van der Waals surface area contributed by atoms with Crippen molar-refractivity contribution in [2.45, 2.75) is 13.5 Å². The van der Waals surface area contributed by atoms with Crippen molar-refractivity contribution in [3.63, 3.8) is 0 Å². The number of halogens is 1. The second-order valence-corrected chi connectivity index (χ2v) is 5.46. The van der Waals surface area contributed by atoms with E-state index in [1.807, 2.05) is 24.4 Å². The summed E-state index contributed by atoms with van der Waals surface area (Å²) in [7, 11) is 0. The van der Waals surface area contributed by atoms with E-state index in [1.54, 1.807) is 29.5 Å². The van der Waals surface area contributed by atoms with E-state index in [1.165, 1.54) is 6.08 Å². The van der Waals surface area contributed by atoms with E-state index in [-0.39, 0.29) is 5.91 Å². The number of aryl methyl sites for hydroxylation is 1. The van der Waals surface area contributed by atoms with E-state index in [4.69, 9.17) is 11.6 Å². The van der Waals surface area contributed by atoms with Crippen LogP contribution in [0.25, 0.3) is 6.08 Å². The monoisotopic (exact) mass is 292 g/mol. The predicted molar refractivity (Wildman–Crippen MR) is 79.2 cm³/mol. The molecule has 1 heterocycles. The van der Waals surface area contributed by atoms with E-state index in [0.717, 1.165) is 16.3 Å². The Morgan fingerprint density at radius 2 is 2.16 bits per heavy atom. The van der Waals surface area contributed by atoms with Crippen LogP contribution >= 0.6 is 22.9 Å². The molecule has 2 aromatic rings. The number of nitrogens with zero attached hydrogens (tertiary/aromatic N) is 1. The number of carbonyl (C=O) groups is 1. The van der Waals surface area contributed by atoms with Gasteiger partial charge in [-0.25, -0.2) is 4.98 Å². The molecule has 0 aliphatic rings. The van der Waals surface area contributed by atoms with Crippen LogP contribution in [0.1, 0.15) is 16.3 Å². The maximum absolute atomic E-state index is 11.6. The molecule has 0 fully saturated rings. The SMILES string of the molecule is Cc1nc(CNC(=O)/C=C/c2ccc(Cl)cc2)cs1. The minimum Gasteiger partial charge on any atom is -0.347 e. The Labute approximate surface area is 120 Å². The molecule has 0 bridgehead atoms. The Morgan fingerprint density at radius 3 is 2.79 bits per heavy atom. The minimum atomic E-state index is -0.138. The summed E-state index contributed by atoms with van der Waals surface area (Å²) in [5.74, 6) is -0.138. The van der Waals surface area contributed by atoms with Gasteiger partial charge in [-0.2, -0.15) is 0 Å². The number of carbonyl (C=O) groups excluding carboxylic acids is 1. The quantitative estimate of drug-likeness (QED) is 0.877. The van der Waals surface area contributed by atoms with Crippen LogP contribution in [0.15, 0.2) is 35.7 Å². The lowest BCUT2D eigenvalue weighted by Gasteiger charge is -1.98. The molecule has 0 radical (unpaired) electrons. The van der Waals surface area contributed by atoms with E-state index in [0.29, 0.717) is 11.6 Å². The highest BCUT2D eigenvalue weighted by Gasteiger charge is 2.00. The summed E-state index contributed by atoms with van der Waals surface area (Å²) in [6.45, 7) is 2.39. The third kappa shape index (κ3) is 4.50. The number of hydrogen-bond acceptors (Lipinski definition) is 3. The molecule has 0 aliphatic carbocycles. The molecular formula is C14H13ClN2OS. The molecule has 0 saturated carbocycles. The number of benzene rings is 1. The highest BCUT2D eigenvalue weighted by Crippen LogP contribution is 2.10. The van der Waals surface area contributed by atoms with Gasteiger partial charge in [0.15, 0.2) is 0 Å². The fourth-order valence-corrected chi connectivity index (χ4v) is 2.21. The van der Waals surface area contributed by atoms with Gasteiger partial charge >= 0.3 is 0 Å². The summed E-state index contributed by atoms with van der Waals surface area (Å²) in [4.78, 5) is 15.9. The van der Waals surface area contributed by atoms with Crippen LogP contribution in [0.3, 0.4) is 0 Å². The van der Waals surface area contributed by atoms with Crippen molar-refractivity contribution in [2.24, 2.45) is 0 Å². The summed E-state index contributed by atoms with van der Waals surface area (Å²) in [5.41, 5.74) is 1.82. The molecule has 1 N–H and O–H groups in total. The number of thiazole rings is 1. The third-order valence-corrected chi connectivity index (χ3v) is 3.48. The first-order valence-electron chi connectivity index (χ1n) is 5.76. The van der Waals surface area contributed by atoms with Gasteiger partial charge in [-0.3, -0.25) is 4.79 Å². The van der Waals surface area contributed by atoms with Crippen molar-refractivity contribution in [1.82, 2.24) is 10.3 Å². The summed E-state index contributed by atoms with van der Waals surface area (Å²) in [6.07, 6.45) is 3.25. The average Bonchev–Trinajstić information content (AvgIpc) is 2.81. The summed E-state index contributed by atoms with van der Waals surface area (Å²) < 4.78 is 0. The lowest BCUT2D eigenvalue weighted by Crippen LogP contribution is -2.20. The van der Waals surface area contributed by atoms with Crippen molar-refractivity contribution in [2.75, 3.05) is 0 Å². The molecule has 1 aromatic heterocycles. The van der Waals surface area contributed by atoms with Crippen LogP contribution in [0.4, 0.5) is 0 Å². The normalized spacial score (nSPS) is 10.8. The van der Waals surface area contributed by atoms with Gasteiger partial charge in [0.2, 0.25) is 5.91 Å². The molecule has 0 atom stereocenters. The maximum atomic E-state index is 11.6. The van der Waals surface area contributed by atoms with Crippen molar-refractivity contribution >= 4 is 34.9 Å². The number of rotatable bonds is 4. The van der Waals surface area contributed by atoms with Crippen LogP contribution in [0, 0.1) is 6.92 Å². The second-order valence-electron chi connectivity index (χ2n) is 3.96. The van der Waals surface area contributed by atoms with Gasteiger partial charge in [-0.1, -0.05) is 23.7 Å². The van der Waals surface area contributed by atoms with Crippen LogP contribution < -0.4 is 5.32 Å². The second kappa shape index (κ2) is 6.50. The molecule has 1 aromatic carbocycles. The topological polar surface area (TPSA) is 42.0 Å². The largest absolute Gasteiger partial charge is 0.347 e. The molecule has 2 rings (SSSR count). The summed E-state index contributed by atoms with van der Waals surface area (Å²) >= 11 is 7.36. The van der Waals surface area contributed by atoms with Crippen molar-refractivity contribution in [3.8, 4) is 0 Å². The standard InChI is InChI=1S/C14H13ClN2OS/c1-10-17-13(9-19-10)8-16-14(18)7-4-11-2-5-12(15)6-3-11/h2-7,9H,8H2,1H3,(H,16,18)/b7-4+. The molecule has 98 valence electrons. The third-order valence-electron chi connectivity index (χ3n) is 2.41. The lowest BCUT2D eigenvalue weighted by atomic mass is 10.2. The number of nitrogens with one attached hydrogen (secondary N) is 1. The molecule has 0 spiro atoms. The van der Waals surface area contributed by atoms with Gasteiger partial charge in [-0.05, 0) is 30.7 Å². The Kier molecular flexibility index (Phi) is 4.71. The van der Waals surface area contributed by atoms with Crippen LogP contribution in [-0.2, 0) is 11.3 Å². The zero-order chi connectivity index (χ0) is 13.7. The van der Waals surface area contributed by atoms with Gasteiger partial charge in [0.25, 0.3) is 0 Å². The summed E-state index contributed by atoms with van der Waals surface area (Å²) in [6, 6.07) is 7.29. The number of hydrogen-bond donors (Lipinski definition) is 1. The van der Waals surface area contributed by atoms with Gasteiger partial charge in [-0.15, -0.1) is 11.3 Å². The van der Waals surface area contributed by atoms with Crippen LogP contribution in [-0.4, -0.2) is 10.9 Å². The smallest absolute Gasteiger partial charge is 0.244 e.